The van der Waals surface area contributed by atoms with E-state index in [1.54, 1.807) is 25.1 Å². The zero-order chi connectivity index (χ0) is 15.9. The number of hydrogen-bond acceptors (Lipinski definition) is 5. The van der Waals surface area contributed by atoms with Crippen LogP contribution in [-0.4, -0.2) is 41.8 Å². The first kappa shape index (κ1) is 17.9. The van der Waals surface area contributed by atoms with Crippen LogP contribution in [-0.2, 0) is 21.3 Å². The summed E-state index contributed by atoms with van der Waals surface area (Å²) in [4.78, 5) is 0.133. The highest BCUT2D eigenvalue weighted by Crippen LogP contribution is 2.25. The normalized spacial score (nSPS) is 13.1. The summed E-state index contributed by atoms with van der Waals surface area (Å²) in [6, 6.07) is 4.76. The zero-order valence-corrected chi connectivity index (χ0v) is 13.8. The van der Waals surface area contributed by atoms with Crippen LogP contribution < -0.4 is 14.8 Å². The molecule has 1 aromatic carbocycles. The van der Waals surface area contributed by atoms with Gasteiger partial charge in [-0.15, -0.1) is 0 Å². The number of sulfonamides is 1. The molecule has 0 aromatic heterocycles. The molecule has 1 rings (SSSR count). The fraction of sp³-hybridized carbons (Fsp3) is 0.571. The van der Waals surface area contributed by atoms with Gasteiger partial charge in [0.1, 0.15) is 10.6 Å². The van der Waals surface area contributed by atoms with E-state index in [9.17, 15) is 8.42 Å². The molecule has 2 N–H and O–H groups in total. The molecule has 1 atom stereocenters. The minimum Gasteiger partial charge on any atom is -0.495 e. The lowest BCUT2D eigenvalue weighted by molar-refractivity contribution is 0.180. The van der Waals surface area contributed by atoms with Crippen molar-refractivity contribution in [2.24, 2.45) is 0 Å². The molecule has 0 aliphatic rings. The minimum absolute atomic E-state index is 0.133. The molecule has 120 valence electrons. The molecule has 0 spiro atoms. The predicted octanol–water partition coefficient (Wildman–Crippen LogP) is 1.12. The van der Waals surface area contributed by atoms with E-state index in [-0.39, 0.29) is 10.9 Å². The Balaban J connectivity index is 3.00. The van der Waals surface area contributed by atoms with Gasteiger partial charge < -0.3 is 14.8 Å². The molecule has 0 radical (unpaired) electrons. The topological polar surface area (TPSA) is 76.7 Å². The lowest BCUT2D eigenvalue weighted by atomic mass is 10.2. The Morgan fingerprint density at radius 2 is 2.00 bits per heavy atom. The number of rotatable bonds is 9. The Labute approximate surface area is 126 Å². The molecule has 0 heterocycles. The summed E-state index contributed by atoms with van der Waals surface area (Å²) in [5.74, 6) is 0.336. The van der Waals surface area contributed by atoms with Crippen LogP contribution in [0.5, 0.6) is 5.75 Å². The van der Waals surface area contributed by atoms with Crippen LogP contribution in [0.2, 0.25) is 0 Å². The van der Waals surface area contributed by atoms with Crippen LogP contribution in [0, 0.1) is 0 Å². The summed E-state index contributed by atoms with van der Waals surface area (Å²) in [5.41, 5.74) is 0.970. The summed E-state index contributed by atoms with van der Waals surface area (Å²) in [5, 5.41) is 3.19. The van der Waals surface area contributed by atoms with Gasteiger partial charge in [0, 0.05) is 19.7 Å². The van der Waals surface area contributed by atoms with Crippen molar-refractivity contribution >= 4 is 10.0 Å². The maximum absolute atomic E-state index is 12.4. The van der Waals surface area contributed by atoms with Crippen LogP contribution in [0.4, 0.5) is 0 Å². The molecule has 0 amide bonds. The monoisotopic (exact) mass is 316 g/mol. The number of nitrogens with one attached hydrogen (secondary N) is 2. The summed E-state index contributed by atoms with van der Waals surface area (Å²) in [6.07, 6.45) is 0. The summed E-state index contributed by atoms with van der Waals surface area (Å²) < 4.78 is 37.4. The van der Waals surface area contributed by atoms with Gasteiger partial charge in [-0.05, 0) is 31.2 Å². The van der Waals surface area contributed by atoms with E-state index in [0.717, 1.165) is 12.1 Å². The molecular weight excluding hydrogens is 292 g/mol. The predicted molar refractivity (Wildman–Crippen MR) is 82.0 cm³/mol. The molecule has 0 saturated carbocycles. The number of benzene rings is 1. The first-order valence-electron chi connectivity index (χ1n) is 6.83. The van der Waals surface area contributed by atoms with Crippen molar-refractivity contribution in [3.05, 3.63) is 23.8 Å². The van der Waals surface area contributed by atoms with Crippen LogP contribution in [0.1, 0.15) is 19.4 Å². The Hall–Kier alpha value is -1.15. The number of ether oxygens (including phenoxy) is 2. The third-order valence-corrected chi connectivity index (χ3v) is 4.50. The maximum atomic E-state index is 12.4. The quantitative estimate of drug-likeness (QED) is 0.714. The average Bonchev–Trinajstić information content (AvgIpc) is 2.44. The summed E-state index contributed by atoms with van der Waals surface area (Å²) >= 11 is 0. The van der Waals surface area contributed by atoms with Gasteiger partial charge in [-0.25, -0.2) is 13.1 Å². The Kier molecular flexibility index (Phi) is 7.10. The number of methoxy groups -OCH3 is 2. The highest BCUT2D eigenvalue weighted by Gasteiger charge is 2.21. The molecule has 1 unspecified atom stereocenters. The van der Waals surface area contributed by atoms with E-state index in [4.69, 9.17) is 9.47 Å². The summed E-state index contributed by atoms with van der Waals surface area (Å²) in [6.45, 7) is 5.57. The van der Waals surface area contributed by atoms with Crippen molar-refractivity contribution in [1.82, 2.24) is 10.0 Å². The van der Waals surface area contributed by atoms with Gasteiger partial charge in [-0.2, -0.15) is 0 Å². The Morgan fingerprint density at radius 1 is 1.29 bits per heavy atom. The molecule has 0 aliphatic heterocycles. The van der Waals surface area contributed by atoms with E-state index < -0.39 is 10.0 Å². The van der Waals surface area contributed by atoms with Gasteiger partial charge >= 0.3 is 0 Å². The Morgan fingerprint density at radius 3 is 2.57 bits per heavy atom. The highest BCUT2D eigenvalue weighted by molar-refractivity contribution is 7.89. The average molecular weight is 316 g/mol. The van der Waals surface area contributed by atoms with Crippen LogP contribution in [0.25, 0.3) is 0 Å². The standard InChI is InChI=1S/C14H24N2O4S/c1-5-15-9-12-6-7-14(13(8-12)20-4)21(17,18)16-11(2)10-19-3/h6-8,11,15-16H,5,9-10H2,1-4H3. The van der Waals surface area contributed by atoms with Gasteiger partial charge in [-0.3, -0.25) is 0 Å². The lowest BCUT2D eigenvalue weighted by Crippen LogP contribution is -2.35. The van der Waals surface area contributed by atoms with Crippen molar-refractivity contribution in [2.45, 2.75) is 31.3 Å². The van der Waals surface area contributed by atoms with Crippen molar-refractivity contribution in [1.29, 1.82) is 0 Å². The van der Waals surface area contributed by atoms with Crippen molar-refractivity contribution in [3.63, 3.8) is 0 Å². The molecule has 7 heteroatoms. The first-order valence-corrected chi connectivity index (χ1v) is 8.31. The largest absolute Gasteiger partial charge is 0.495 e. The molecular formula is C14H24N2O4S. The van der Waals surface area contributed by atoms with Crippen LogP contribution in [0.3, 0.4) is 0 Å². The third kappa shape index (κ3) is 5.28. The van der Waals surface area contributed by atoms with Gasteiger partial charge in [-0.1, -0.05) is 13.0 Å². The SMILES string of the molecule is CCNCc1ccc(S(=O)(=O)NC(C)COC)c(OC)c1. The molecule has 0 bridgehead atoms. The third-order valence-electron chi connectivity index (χ3n) is 2.87. The first-order chi connectivity index (χ1) is 9.94. The second kappa shape index (κ2) is 8.33. The molecule has 0 saturated heterocycles. The van der Waals surface area contributed by atoms with Crippen molar-refractivity contribution in [3.8, 4) is 5.75 Å². The number of hydrogen-bond donors (Lipinski definition) is 2. The van der Waals surface area contributed by atoms with E-state index in [1.807, 2.05) is 6.92 Å². The smallest absolute Gasteiger partial charge is 0.244 e. The van der Waals surface area contributed by atoms with Gasteiger partial charge in [0.25, 0.3) is 0 Å². The van der Waals surface area contributed by atoms with Crippen LogP contribution in [0.15, 0.2) is 23.1 Å². The molecule has 0 aliphatic carbocycles. The van der Waals surface area contributed by atoms with E-state index >= 15 is 0 Å². The Bertz CT molecular complexity index is 546. The second-order valence-corrected chi connectivity index (χ2v) is 6.43. The van der Waals surface area contributed by atoms with E-state index in [0.29, 0.717) is 18.9 Å². The molecule has 1 aromatic rings. The fourth-order valence-electron chi connectivity index (χ4n) is 1.93. The summed E-state index contributed by atoms with van der Waals surface area (Å²) in [7, 11) is -0.646. The van der Waals surface area contributed by atoms with E-state index in [1.165, 1.54) is 14.2 Å². The maximum Gasteiger partial charge on any atom is 0.244 e. The lowest BCUT2D eigenvalue weighted by Gasteiger charge is -2.16. The van der Waals surface area contributed by atoms with Crippen molar-refractivity contribution in [2.75, 3.05) is 27.4 Å². The van der Waals surface area contributed by atoms with Gasteiger partial charge in [0.05, 0.1) is 13.7 Å². The highest BCUT2D eigenvalue weighted by atomic mass is 32.2. The van der Waals surface area contributed by atoms with Crippen LogP contribution >= 0.6 is 0 Å². The minimum atomic E-state index is -3.64. The second-order valence-electron chi connectivity index (χ2n) is 4.74. The fourth-order valence-corrected chi connectivity index (χ4v) is 3.30. The molecule has 6 nitrogen and oxygen atoms in total. The van der Waals surface area contributed by atoms with Gasteiger partial charge in [0.2, 0.25) is 10.0 Å². The van der Waals surface area contributed by atoms with Gasteiger partial charge in [0.15, 0.2) is 0 Å². The van der Waals surface area contributed by atoms with E-state index in [2.05, 4.69) is 10.0 Å². The molecule has 21 heavy (non-hydrogen) atoms. The van der Waals surface area contributed by atoms with Crippen molar-refractivity contribution < 1.29 is 17.9 Å². The molecule has 0 fully saturated rings. The zero-order valence-electron chi connectivity index (χ0n) is 13.0.